The average Bonchev–Trinajstić information content (AvgIpc) is 2.69. The number of carbonyl (C=O) groups is 2. The highest BCUT2D eigenvalue weighted by molar-refractivity contribution is 8.00. The zero-order chi connectivity index (χ0) is 18.6. The van der Waals surface area contributed by atoms with E-state index in [9.17, 15) is 9.59 Å². The highest BCUT2D eigenvalue weighted by Gasteiger charge is 2.33. The number of hydrogen-bond donors (Lipinski definition) is 1. The third kappa shape index (κ3) is 4.67. The molecule has 1 aliphatic rings. The lowest BCUT2D eigenvalue weighted by Gasteiger charge is -2.22. The van der Waals surface area contributed by atoms with E-state index in [1.165, 1.54) is 5.56 Å². The first-order chi connectivity index (χ1) is 12.4. The van der Waals surface area contributed by atoms with E-state index < -0.39 is 0 Å². The van der Waals surface area contributed by atoms with Crippen molar-refractivity contribution in [1.29, 1.82) is 0 Å². The average molecular weight is 369 g/mol. The molecule has 0 atom stereocenters. The molecular weight excluding hydrogens is 344 g/mol. The summed E-state index contributed by atoms with van der Waals surface area (Å²) in [7, 11) is 0. The SMILES string of the molecule is CC1(C)CC(=O)N(CC(=O)NCCc2ccccc2)c2ccccc2S1. The normalized spacial score (nSPS) is 15.9. The molecule has 5 heteroatoms. The minimum absolute atomic E-state index is 0.00865. The fraction of sp³-hybridized carbons (Fsp3) is 0.333. The first-order valence-electron chi connectivity index (χ1n) is 8.84. The zero-order valence-corrected chi connectivity index (χ0v) is 16.0. The van der Waals surface area contributed by atoms with Crippen LogP contribution in [0, 0.1) is 0 Å². The minimum atomic E-state index is -0.189. The van der Waals surface area contributed by atoms with Crippen LogP contribution in [0.3, 0.4) is 0 Å². The molecule has 1 heterocycles. The summed E-state index contributed by atoms with van der Waals surface area (Å²) in [4.78, 5) is 27.8. The van der Waals surface area contributed by atoms with Gasteiger partial charge in [0.05, 0.1) is 5.69 Å². The van der Waals surface area contributed by atoms with Crippen LogP contribution in [-0.2, 0) is 16.0 Å². The van der Waals surface area contributed by atoms with E-state index in [-0.39, 0.29) is 23.1 Å². The third-order valence-electron chi connectivity index (χ3n) is 4.30. The van der Waals surface area contributed by atoms with Crippen molar-refractivity contribution in [3.8, 4) is 0 Å². The van der Waals surface area contributed by atoms with Crippen LogP contribution in [0.25, 0.3) is 0 Å². The fourth-order valence-electron chi connectivity index (χ4n) is 3.06. The Kier molecular flexibility index (Phi) is 5.67. The van der Waals surface area contributed by atoms with Crippen molar-refractivity contribution in [2.24, 2.45) is 0 Å². The van der Waals surface area contributed by atoms with Crippen molar-refractivity contribution in [2.75, 3.05) is 18.0 Å². The van der Waals surface area contributed by atoms with E-state index >= 15 is 0 Å². The van der Waals surface area contributed by atoms with Gasteiger partial charge >= 0.3 is 0 Å². The monoisotopic (exact) mass is 368 g/mol. The van der Waals surface area contributed by atoms with Crippen LogP contribution < -0.4 is 10.2 Å². The van der Waals surface area contributed by atoms with Gasteiger partial charge in [0.1, 0.15) is 6.54 Å². The van der Waals surface area contributed by atoms with E-state index in [4.69, 9.17) is 0 Å². The molecule has 0 spiro atoms. The molecule has 0 aromatic heterocycles. The van der Waals surface area contributed by atoms with Gasteiger partial charge in [0, 0.05) is 22.6 Å². The highest BCUT2D eigenvalue weighted by atomic mass is 32.2. The molecule has 0 radical (unpaired) electrons. The van der Waals surface area contributed by atoms with Gasteiger partial charge in [0.15, 0.2) is 0 Å². The predicted octanol–water partition coefficient (Wildman–Crippen LogP) is 3.65. The number of benzene rings is 2. The maximum Gasteiger partial charge on any atom is 0.240 e. The Labute approximate surface area is 159 Å². The standard InChI is InChI=1S/C21H24N2O2S/c1-21(2)14-20(25)23(17-10-6-7-11-18(17)26-21)15-19(24)22-13-12-16-8-4-3-5-9-16/h3-11H,12-15H2,1-2H3,(H,22,24). The summed E-state index contributed by atoms with van der Waals surface area (Å²) in [6, 6.07) is 17.8. The molecule has 0 aliphatic carbocycles. The lowest BCUT2D eigenvalue weighted by atomic mass is 10.1. The van der Waals surface area contributed by atoms with Gasteiger partial charge in [-0.25, -0.2) is 0 Å². The maximum absolute atomic E-state index is 12.8. The van der Waals surface area contributed by atoms with E-state index in [1.807, 2.05) is 54.6 Å². The van der Waals surface area contributed by atoms with Gasteiger partial charge in [0.2, 0.25) is 11.8 Å². The smallest absolute Gasteiger partial charge is 0.240 e. The Morgan fingerprint density at radius 3 is 2.58 bits per heavy atom. The van der Waals surface area contributed by atoms with E-state index in [2.05, 4.69) is 19.2 Å². The van der Waals surface area contributed by atoms with Crippen molar-refractivity contribution < 1.29 is 9.59 Å². The number of nitrogens with zero attached hydrogens (tertiary/aromatic N) is 1. The Morgan fingerprint density at radius 1 is 1.12 bits per heavy atom. The predicted molar refractivity (Wildman–Crippen MR) is 107 cm³/mol. The van der Waals surface area contributed by atoms with Crippen LogP contribution in [0.5, 0.6) is 0 Å². The Hall–Kier alpha value is -2.27. The summed E-state index contributed by atoms with van der Waals surface area (Å²) in [6.45, 7) is 4.75. The van der Waals surface area contributed by atoms with Gasteiger partial charge in [-0.05, 0) is 38.0 Å². The molecule has 26 heavy (non-hydrogen) atoms. The first-order valence-corrected chi connectivity index (χ1v) is 9.65. The molecule has 3 rings (SSSR count). The summed E-state index contributed by atoms with van der Waals surface area (Å²) in [6.07, 6.45) is 1.18. The van der Waals surface area contributed by atoms with E-state index in [1.54, 1.807) is 16.7 Å². The van der Waals surface area contributed by atoms with Crippen molar-refractivity contribution >= 4 is 29.3 Å². The molecule has 0 saturated carbocycles. The van der Waals surface area contributed by atoms with Crippen molar-refractivity contribution in [2.45, 2.75) is 36.3 Å². The van der Waals surface area contributed by atoms with Crippen LogP contribution in [0.4, 0.5) is 5.69 Å². The second-order valence-corrected chi connectivity index (χ2v) is 8.82. The summed E-state index contributed by atoms with van der Waals surface area (Å²) in [5.41, 5.74) is 2.01. The molecule has 0 saturated heterocycles. The van der Waals surface area contributed by atoms with Crippen molar-refractivity contribution in [1.82, 2.24) is 5.32 Å². The number of carbonyl (C=O) groups excluding carboxylic acids is 2. The largest absolute Gasteiger partial charge is 0.354 e. The number of nitrogens with one attached hydrogen (secondary N) is 1. The molecule has 4 nitrogen and oxygen atoms in total. The van der Waals surface area contributed by atoms with Crippen LogP contribution in [0.15, 0.2) is 59.5 Å². The summed E-state index contributed by atoms with van der Waals surface area (Å²) in [5, 5.41) is 2.93. The van der Waals surface area contributed by atoms with Gasteiger partial charge in [-0.3, -0.25) is 9.59 Å². The van der Waals surface area contributed by atoms with E-state index in [0.29, 0.717) is 13.0 Å². The highest BCUT2D eigenvalue weighted by Crippen LogP contribution is 2.43. The van der Waals surface area contributed by atoms with Gasteiger partial charge in [0.25, 0.3) is 0 Å². The second kappa shape index (κ2) is 7.96. The number of fused-ring (bicyclic) bond motifs is 1. The topological polar surface area (TPSA) is 49.4 Å². The molecule has 0 fully saturated rings. The molecular formula is C21H24N2O2S. The summed E-state index contributed by atoms with van der Waals surface area (Å²) >= 11 is 1.69. The number of thioether (sulfide) groups is 1. The number of hydrogen-bond acceptors (Lipinski definition) is 3. The first kappa shape index (κ1) is 18.5. The van der Waals surface area contributed by atoms with Gasteiger partial charge in [-0.15, -0.1) is 11.8 Å². The second-order valence-electron chi connectivity index (χ2n) is 7.07. The zero-order valence-electron chi connectivity index (χ0n) is 15.2. The summed E-state index contributed by atoms with van der Waals surface area (Å²) < 4.78 is -0.189. The molecule has 2 aromatic rings. The van der Waals surface area contributed by atoms with Crippen LogP contribution in [0.1, 0.15) is 25.8 Å². The Morgan fingerprint density at radius 2 is 1.81 bits per heavy atom. The molecule has 1 aliphatic heterocycles. The summed E-state index contributed by atoms with van der Waals surface area (Å²) in [5.74, 6) is -0.139. The lowest BCUT2D eigenvalue weighted by Crippen LogP contribution is -2.42. The number of rotatable bonds is 5. The van der Waals surface area contributed by atoms with Crippen molar-refractivity contribution in [3.63, 3.8) is 0 Å². The number of anilines is 1. The van der Waals surface area contributed by atoms with E-state index in [0.717, 1.165) is 17.0 Å². The Balaban J connectivity index is 1.66. The molecule has 136 valence electrons. The quantitative estimate of drug-likeness (QED) is 0.876. The van der Waals surface area contributed by atoms with Gasteiger partial charge in [-0.2, -0.15) is 0 Å². The number of amides is 2. The minimum Gasteiger partial charge on any atom is -0.354 e. The van der Waals surface area contributed by atoms with Crippen LogP contribution in [0.2, 0.25) is 0 Å². The lowest BCUT2D eigenvalue weighted by molar-refractivity contribution is -0.124. The maximum atomic E-state index is 12.8. The fourth-order valence-corrected chi connectivity index (χ4v) is 4.28. The molecule has 2 amide bonds. The molecule has 0 bridgehead atoms. The van der Waals surface area contributed by atoms with Crippen LogP contribution >= 0.6 is 11.8 Å². The number of para-hydroxylation sites is 1. The molecule has 1 N–H and O–H groups in total. The van der Waals surface area contributed by atoms with Crippen molar-refractivity contribution in [3.05, 3.63) is 60.2 Å². The van der Waals surface area contributed by atoms with Gasteiger partial charge in [-0.1, -0.05) is 42.5 Å². The van der Waals surface area contributed by atoms with Crippen LogP contribution in [-0.4, -0.2) is 29.7 Å². The Bertz CT molecular complexity index is 790. The van der Waals surface area contributed by atoms with Gasteiger partial charge < -0.3 is 10.2 Å². The third-order valence-corrected chi connectivity index (χ3v) is 5.56. The molecule has 2 aromatic carbocycles. The molecule has 0 unspecified atom stereocenters.